The fourth-order valence-corrected chi connectivity index (χ4v) is 2.63. The molecule has 0 fully saturated rings. The van der Waals surface area contributed by atoms with E-state index in [9.17, 15) is 9.59 Å². The van der Waals surface area contributed by atoms with Gasteiger partial charge in [0, 0.05) is 6.04 Å². The van der Waals surface area contributed by atoms with Gasteiger partial charge in [-0.3, -0.25) is 9.59 Å². The van der Waals surface area contributed by atoms with Crippen molar-refractivity contribution in [2.45, 2.75) is 53.1 Å². The van der Waals surface area contributed by atoms with Gasteiger partial charge < -0.3 is 10.2 Å². The maximum absolute atomic E-state index is 13.0. The van der Waals surface area contributed by atoms with E-state index in [4.69, 9.17) is 0 Å². The summed E-state index contributed by atoms with van der Waals surface area (Å²) in [5.41, 5.74) is 0.944. The second kappa shape index (κ2) is 5.51. The number of rotatable bonds is 2. The molecule has 1 aromatic carbocycles. The number of amides is 2. The minimum absolute atomic E-state index is 0.0323. The van der Waals surface area contributed by atoms with Gasteiger partial charge in [0.15, 0.2) is 0 Å². The van der Waals surface area contributed by atoms with Gasteiger partial charge in [-0.15, -0.1) is 0 Å². The molecule has 0 spiro atoms. The molecule has 1 aliphatic heterocycles. The third-order valence-corrected chi connectivity index (χ3v) is 4.07. The molecule has 21 heavy (non-hydrogen) atoms. The predicted molar refractivity (Wildman–Crippen MR) is 84.4 cm³/mol. The fourth-order valence-electron chi connectivity index (χ4n) is 2.63. The number of hydrogen-bond donors (Lipinski definition) is 1. The lowest BCUT2D eigenvalue weighted by atomic mass is 9.85. The van der Waals surface area contributed by atoms with Gasteiger partial charge in [0.1, 0.15) is 6.04 Å². The van der Waals surface area contributed by atoms with Crippen LogP contribution in [0.2, 0.25) is 0 Å². The number of nitrogens with one attached hydrogen (secondary N) is 1. The zero-order valence-electron chi connectivity index (χ0n) is 13.4. The molecule has 1 aromatic rings. The van der Waals surface area contributed by atoms with Crippen molar-refractivity contribution in [1.29, 1.82) is 0 Å². The maximum Gasteiger partial charge on any atom is 0.254 e. The molecule has 1 N–H and O–H groups in total. The van der Waals surface area contributed by atoms with Crippen LogP contribution in [0.15, 0.2) is 24.3 Å². The van der Waals surface area contributed by atoms with Crippen molar-refractivity contribution in [2.75, 3.05) is 4.90 Å². The second-order valence-corrected chi connectivity index (χ2v) is 6.76. The van der Waals surface area contributed by atoms with Crippen LogP contribution in [0, 0.1) is 5.41 Å². The molecule has 0 aliphatic carbocycles. The minimum atomic E-state index is -0.522. The number of carbonyl (C=O) groups is 2. The van der Waals surface area contributed by atoms with Gasteiger partial charge in [0.2, 0.25) is 5.91 Å². The van der Waals surface area contributed by atoms with E-state index in [2.05, 4.69) is 5.32 Å². The van der Waals surface area contributed by atoms with Gasteiger partial charge in [-0.2, -0.15) is 0 Å². The number of anilines is 1. The van der Waals surface area contributed by atoms with Crippen molar-refractivity contribution in [3.8, 4) is 0 Å². The lowest BCUT2D eigenvalue weighted by Crippen LogP contribution is -2.54. The Hall–Kier alpha value is -1.84. The summed E-state index contributed by atoms with van der Waals surface area (Å²) in [6, 6.07) is 6.85. The van der Waals surface area contributed by atoms with Crippen molar-refractivity contribution < 1.29 is 9.59 Å². The van der Waals surface area contributed by atoms with Crippen molar-refractivity contribution >= 4 is 17.5 Å². The Morgan fingerprint density at radius 2 is 1.86 bits per heavy atom. The second-order valence-electron chi connectivity index (χ2n) is 6.76. The molecule has 0 aromatic heterocycles. The Bertz CT molecular complexity index is 560. The average Bonchev–Trinajstić information content (AvgIpc) is 2.53. The molecule has 114 valence electrons. The Balaban J connectivity index is 2.60. The first-order chi connectivity index (χ1) is 9.77. The zero-order valence-corrected chi connectivity index (χ0v) is 13.4. The fraction of sp³-hybridized carbons (Fsp3) is 0.529. The monoisotopic (exact) mass is 288 g/mol. The summed E-state index contributed by atoms with van der Waals surface area (Å²) in [7, 11) is 0. The smallest absolute Gasteiger partial charge is 0.254 e. The van der Waals surface area contributed by atoms with Gasteiger partial charge >= 0.3 is 0 Å². The van der Waals surface area contributed by atoms with Crippen LogP contribution in [0.3, 0.4) is 0 Å². The quantitative estimate of drug-likeness (QED) is 0.909. The van der Waals surface area contributed by atoms with Crippen molar-refractivity contribution in [2.24, 2.45) is 5.41 Å². The zero-order chi connectivity index (χ0) is 15.8. The molecular weight excluding hydrogens is 264 g/mol. The van der Waals surface area contributed by atoms with Crippen molar-refractivity contribution in [3.05, 3.63) is 29.8 Å². The van der Waals surface area contributed by atoms with E-state index >= 15 is 0 Å². The highest BCUT2D eigenvalue weighted by Crippen LogP contribution is 2.31. The molecule has 0 saturated carbocycles. The Morgan fingerprint density at radius 1 is 1.24 bits per heavy atom. The molecule has 4 nitrogen and oxygen atoms in total. The third kappa shape index (κ3) is 2.80. The Labute approximate surface area is 126 Å². The normalized spacial score (nSPS) is 20.6. The van der Waals surface area contributed by atoms with Crippen LogP contribution in [0.25, 0.3) is 0 Å². The van der Waals surface area contributed by atoms with Crippen LogP contribution in [0.5, 0.6) is 0 Å². The van der Waals surface area contributed by atoms with E-state index in [-0.39, 0.29) is 23.3 Å². The SMILES string of the molecule is CCC(C)N1C(=O)C(C(C)(C)C)NC(=O)c2ccccc21. The molecule has 2 atom stereocenters. The maximum atomic E-state index is 13.0. The van der Waals surface area contributed by atoms with E-state index in [1.807, 2.05) is 52.8 Å². The predicted octanol–water partition coefficient (Wildman–Crippen LogP) is 2.98. The van der Waals surface area contributed by atoms with E-state index in [0.717, 1.165) is 6.42 Å². The lowest BCUT2D eigenvalue weighted by Gasteiger charge is -2.35. The topological polar surface area (TPSA) is 49.4 Å². The minimum Gasteiger partial charge on any atom is -0.340 e. The first-order valence-electron chi connectivity index (χ1n) is 7.50. The number of fused-ring (bicyclic) bond motifs is 1. The van der Waals surface area contributed by atoms with Crippen LogP contribution in [-0.2, 0) is 4.79 Å². The molecule has 2 unspecified atom stereocenters. The number of benzene rings is 1. The third-order valence-electron chi connectivity index (χ3n) is 4.07. The van der Waals surface area contributed by atoms with Crippen LogP contribution >= 0.6 is 0 Å². The number of hydrogen-bond acceptors (Lipinski definition) is 2. The summed E-state index contributed by atoms with van der Waals surface area (Å²) in [5, 5.41) is 2.90. The highest BCUT2D eigenvalue weighted by atomic mass is 16.2. The largest absolute Gasteiger partial charge is 0.340 e. The van der Waals surface area contributed by atoms with E-state index < -0.39 is 6.04 Å². The van der Waals surface area contributed by atoms with Gasteiger partial charge in [0.25, 0.3) is 5.91 Å². The molecule has 2 amide bonds. The van der Waals surface area contributed by atoms with Gasteiger partial charge in [0.05, 0.1) is 11.3 Å². The van der Waals surface area contributed by atoms with Gasteiger partial charge in [-0.05, 0) is 30.9 Å². The summed E-state index contributed by atoms with van der Waals surface area (Å²) in [6.07, 6.45) is 0.838. The summed E-state index contributed by atoms with van der Waals surface area (Å²) in [4.78, 5) is 27.3. The lowest BCUT2D eigenvalue weighted by molar-refractivity contribution is -0.123. The first-order valence-corrected chi connectivity index (χ1v) is 7.50. The standard InChI is InChI=1S/C17H24N2O2/c1-6-11(2)19-13-10-8-7-9-12(13)15(20)18-14(16(19)21)17(3,4)5/h7-11,14H,6H2,1-5H3,(H,18,20). The Kier molecular flexibility index (Phi) is 4.08. The number of nitrogens with zero attached hydrogens (tertiary/aromatic N) is 1. The average molecular weight is 288 g/mol. The molecule has 2 rings (SSSR count). The van der Waals surface area contributed by atoms with E-state index in [0.29, 0.717) is 11.3 Å². The van der Waals surface area contributed by atoms with Crippen molar-refractivity contribution in [1.82, 2.24) is 5.32 Å². The molecule has 0 radical (unpaired) electrons. The molecule has 4 heteroatoms. The highest BCUT2D eigenvalue weighted by molar-refractivity contribution is 6.11. The van der Waals surface area contributed by atoms with Crippen LogP contribution < -0.4 is 10.2 Å². The molecular formula is C17H24N2O2. The van der Waals surface area contributed by atoms with Crippen LogP contribution in [-0.4, -0.2) is 23.9 Å². The summed E-state index contributed by atoms with van der Waals surface area (Å²) < 4.78 is 0. The summed E-state index contributed by atoms with van der Waals surface area (Å²) in [5.74, 6) is -0.208. The van der Waals surface area contributed by atoms with Crippen molar-refractivity contribution in [3.63, 3.8) is 0 Å². The summed E-state index contributed by atoms with van der Waals surface area (Å²) >= 11 is 0. The summed E-state index contributed by atoms with van der Waals surface area (Å²) in [6.45, 7) is 9.98. The van der Waals surface area contributed by atoms with Crippen LogP contribution in [0.4, 0.5) is 5.69 Å². The van der Waals surface area contributed by atoms with E-state index in [1.54, 1.807) is 11.0 Å². The molecule has 0 bridgehead atoms. The highest BCUT2D eigenvalue weighted by Gasteiger charge is 2.41. The van der Waals surface area contributed by atoms with Gasteiger partial charge in [-0.25, -0.2) is 0 Å². The first kappa shape index (κ1) is 15.5. The van der Waals surface area contributed by atoms with Crippen LogP contribution in [0.1, 0.15) is 51.4 Å². The number of carbonyl (C=O) groups excluding carboxylic acids is 2. The Morgan fingerprint density at radius 3 is 2.43 bits per heavy atom. The van der Waals surface area contributed by atoms with Gasteiger partial charge in [-0.1, -0.05) is 39.8 Å². The molecule has 1 heterocycles. The van der Waals surface area contributed by atoms with E-state index in [1.165, 1.54) is 0 Å². The molecule has 0 saturated heterocycles. The number of para-hydroxylation sites is 1. The molecule has 1 aliphatic rings.